The summed E-state index contributed by atoms with van der Waals surface area (Å²) in [6.45, 7) is 2.26. The van der Waals surface area contributed by atoms with Gasteiger partial charge in [-0.1, -0.05) is 36.4 Å². The summed E-state index contributed by atoms with van der Waals surface area (Å²) in [4.78, 5) is 19.1. The van der Waals surface area contributed by atoms with Crippen LogP contribution in [-0.4, -0.2) is 33.2 Å². The minimum atomic E-state index is -0.973. The molecular weight excluding hydrogens is 340 g/mol. The monoisotopic (exact) mass is 366 g/mol. The van der Waals surface area contributed by atoms with Gasteiger partial charge >= 0.3 is 6.09 Å². The molecule has 2 aromatic rings. The van der Waals surface area contributed by atoms with E-state index >= 15 is 0 Å². The number of rotatable bonds is 3. The van der Waals surface area contributed by atoms with Crippen LogP contribution < -0.4 is 0 Å². The van der Waals surface area contributed by atoms with Crippen LogP contribution in [0.25, 0.3) is 0 Å². The zero-order valence-electron chi connectivity index (χ0n) is 15.7. The van der Waals surface area contributed by atoms with Crippen LogP contribution in [0.4, 0.5) is 4.79 Å². The Morgan fingerprint density at radius 2 is 1.89 bits per heavy atom. The first-order chi connectivity index (χ1) is 13.0. The summed E-state index contributed by atoms with van der Waals surface area (Å²) in [6.07, 6.45) is 5.42. The van der Waals surface area contributed by atoms with Crippen molar-refractivity contribution < 1.29 is 14.6 Å². The summed E-state index contributed by atoms with van der Waals surface area (Å²) >= 11 is 0. The topological polar surface area (TPSA) is 62.7 Å². The number of fused-ring (bicyclic) bond motifs is 2. The molecular formula is C22H26N2O3. The van der Waals surface area contributed by atoms with Crippen molar-refractivity contribution in [1.29, 1.82) is 0 Å². The summed E-state index contributed by atoms with van der Waals surface area (Å²) in [5.41, 5.74) is 1.79. The lowest BCUT2D eigenvalue weighted by molar-refractivity contribution is -0.0918. The molecule has 0 radical (unpaired) electrons. The van der Waals surface area contributed by atoms with Crippen molar-refractivity contribution in [1.82, 2.24) is 9.88 Å². The lowest BCUT2D eigenvalue weighted by Crippen LogP contribution is -2.59. The minimum Gasteiger partial charge on any atom is -0.445 e. The van der Waals surface area contributed by atoms with Crippen LogP contribution in [0.5, 0.6) is 0 Å². The zero-order valence-corrected chi connectivity index (χ0v) is 15.7. The standard InChI is InChI=1S/C22H26N2O3/c1-16-10-11-20(23-14-16)22(26)12-18-8-5-9-19(13-22)24(18)21(25)27-15-17-6-3-2-4-7-17/h2-4,6-7,10-11,14,18-19,26H,5,8-9,12-13,15H2,1H3. The first kappa shape index (κ1) is 18.0. The lowest BCUT2D eigenvalue weighted by atomic mass is 9.74. The van der Waals surface area contributed by atoms with Gasteiger partial charge in [0.1, 0.15) is 12.2 Å². The van der Waals surface area contributed by atoms with E-state index in [-0.39, 0.29) is 24.8 Å². The second kappa shape index (κ2) is 7.31. The molecule has 0 spiro atoms. The number of pyridine rings is 1. The van der Waals surface area contributed by atoms with E-state index in [0.29, 0.717) is 18.5 Å². The Labute approximate surface area is 160 Å². The van der Waals surface area contributed by atoms with E-state index in [1.807, 2.05) is 54.3 Å². The summed E-state index contributed by atoms with van der Waals surface area (Å²) in [7, 11) is 0. The van der Waals surface area contributed by atoms with Crippen LogP contribution in [0.2, 0.25) is 0 Å². The molecule has 3 heterocycles. The fraction of sp³-hybridized carbons (Fsp3) is 0.455. The van der Waals surface area contributed by atoms with Crippen molar-refractivity contribution in [2.45, 2.75) is 63.3 Å². The summed E-state index contributed by atoms with van der Waals surface area (Å²) in [5, 5.41) is 11.3. The average molecular weight is 366 g/mol. The lowest BCUT2D eigenvalue weighted by Gasteiger charge is -2.51. The van der Waals surface area contributed by atoms with Gasteiger partial charge in [-0.2, -0.15) is 0 Å². The number of benzene rings is 1. The van der Waals surface area contributed by atoms with E-state index in [0.717, 1.165) is 30.4 Å². The quantitative estimate of drug-likeness (QED) is 0.894. The van der Waals surface area contributed by atoms with Crippen molar-refractivity contribution in [3.05, 3.63) is 65.5 Å². The number of ether oxygens (including phenoxy) is 1. The molecule has 2 aliphatic rings. The zero-order chi connectivity index (χ0) is 18.9. The Hall–Kier alpha value is -2.40. The normalized spacial score (nSPS) is 27.3. The fourth-order valence-electron chi connectivity index (χ4n) is 4.47. The van der Waals surface area contributed by atoms with Gasteiger partial charge in [0.2, 0.25) is 0 Å². The first-order valence-corrected chi connectivity index (χ1v) is 9.70. The van der Waals surface area contributed by atoms with Gasteiger partial charge in [0.15, 0.2) is 0 Å². The number of piperidine rings is 2. The van der Waals surface area contributed by atoms with Crippen molar-refractivity contribution in [3.8, 4) is 0 Å². The van der Waals surface area contributed by atoms with Gasteiger partial charge in [-0.3, -0.25) is 4.98 Å². The molecule has 2 aliphatic heterocycles. The van der Waals surface area contributed by atoms with Gasteiger partial charge in [0.25, 0.3) is 0 Å². The maximum atomic E-state index is 12.8. The van der Waals surface area contributed by atoms with Crippen molar-refractivity contribution >= 4 is 6.09 Å². The van der Waals surface area contributed by atoms with E-state index < -0.39 is 5.60 Å². The Kier molecular flexibility index (Phi) is 4.87. The number of aromatic nitrogens is 1. The van der Waals surface area contributed by atoms with E-state index in [2.05, 4.69) is 4.98 Å². The van der Waals surface area contributed by atoms with Crippen LogP contribution in [0.15, 0.2) is 48.7 Å². The highest BCUT2D eigenvalue weighted by Crippen LogP contribution is 2.44. The van der Waals surface area contributed by atoms with Crippen LogP contribution in [0.1, 0.15) is 48.9 Å². The van der Waals surface area contributed by atoms with Crippen LogP contribution in [0, 0.1) is 6.92 Å². The van der Waals surface area contributed by atoms with Gasteiger partial charge in [-0.15, -0.1) is 0 Å². The Bertz CT molecular complexity index is 777. The molecule has 0 aliphatic carbocycles. The number of aryl methyl sites for hydroxylation is 1. The molecule has 0 saturated carbocycles. The third-order valence-electron chi connectivity index (χ3n) is 5.81. The van der Waals surface area contributed by atoms with Crippen LogP contribution >= 0.6 is 0 Å². The number of amides is 1. The minimum absolute atomic E-state index is 0.00567. The number of nitrogens with zero attached hydrogens (tertiary/aromatic N) is 2. The van der Waals surface area contributed by atoms with E-state index in [9.17, 15) is 9.90 Å². The molecule has 5 heteroatoms. The average Bonchev–Trinajstić information content (AvgIpc) is 2.67. The van der Waals surface area contributed by atoms with E-state index in [1.165, 1.54) is 0 Å². The predicted molar refractivity (Wildman–Crippen MR) is 102 cm³/mol. The molecule has 1 aromatic carbocycles. The number of hydrogen-bond acceptors (Lipinski definition) is 4. The summed E-state index contributed by atoms with van der Waals surface area (Å²) < 4.78 is 5.58. The van der Waals surface area contributed by atoms with E-state index in [4.69, 9.17) is 4.74 Å². The van der Waals surface area contributed by atoms with Gasteiger partial charge in [0, 0.05) is 31.1 Å². The molecule has 1 N–H and O–H groups in total. The van der Waals surface area contributed by atoms with Gasteiger partial charge in [0.05, 0.1) is 5.69 Å². The van der Waals surface area contributed by atoms with Crippen molar-refractivity contribution in [2.24, 2.45) is 0 Å². The number of carbonyl (C=O) groups is 1. The summed E-state index contributed by atoms with van der Waals surface area (Å²) in [5.74, 6) is 0. The molecule has 1 aromatic heterocycles. The fourth-order valence-corrected chi connectivity index (χ4v) is 4.47. The number of aliphatic hydroxyl groups is 1. The van der Waals surface area contributed by atoms with Gasteiger partial charge in [-0.05, 0) is 43.4 Å². The predicted octanol–water partition coefficient (Wildman–Crippen LogP) is 3.93. The molecule has 2 unspecified atom stereocenters. The van der Waals surface area contributed by atoms with Gasteiger partial charge < -0.3 is 14.7 Å². The smallest absolute Gasteiger partial charge is 0.410 e. The molecule has 2 fully saturated rings. The molecule has 2 atom stereocenters. The molecule has 1 amide bonds. The Balaban J connectivity index is 1.48. The molecule has 2 saturated heterocycles. The van der Waals surface area contributed by atoms with Gasteiger partial charge in [-0.25, -0.2) is 4.79 Å². The van der Waals surface area contributed by atoms with Crippen molar-refractivity contribution in [2.75, 3.05) is 0 Å². The second-order valence-electron chi connectivity index (χ2n) is 7.85. The molecule has 2 bridgehead atoms. The molecule has 4 rings (SSSR count). The maximum absolute atomic E-state index is 12.8. The molecule has 27 heavy (non-hydrogen) atoms. The Morgan fingerprint density at radius 3 is 2.52 bits per heavy atom. The van der Waals surface area contributed by atoms with E-state index in [1.54, 1.807) is 6.20 Å². The highest BCUT2D eigenvalue weighted by atomic mass is 16.6. The maximum Gasteiger partial charge on any atom is 0.410 e. The van der Waals surface area contributed by atoms with Crippen LogP contribution in [-0.2, 0) is 16.9 Å². The highest BCUT2D eigenvalue weighted by Gasteiger charge is 2.49. The Morgan fingerprint density at radius 1 is 1.19 bits per heavy atom. The third-order valence-corrected chi connectivity index (χ3v) is 5.81. The third kappa shape index (κ3) is 3.69. The largest absolute Gasteiger partial charge is 0.445 e. The SMILES string of the molecule is Cc1ccc(C2(O)CC3CCCC(C2)N3C(=O)OCc2ccccc2)nc1. The number of carbonyl (C=O) groups excluding carboxylic acids is 1. The number of hydrogen-bond donors (Lipinski definition) is 1. The molecule has 142 valence electrons. The van der Waals surface area contributed by atoms with Crippen LogP contribution in [0.3, 0.4) is 0 Å². The first-order valence-electron chi connectivity index (χ1n) is 9.70. The van der Waals surface area contributed by atoms with Crippen molar-refractivity contribution in [3.63, 3.8) is 0 Å². The summed E-state index contributed by atoms with van der Waals surface area (Å²) in [6, 6.07) is 13.6. The highest BCUT2D eigenvalue weighted by molar-refractivity contribution is 5.69. The molecule has 5 nitrogen and oxygen atoms in total. The second-order valence-corrected chi connectivity index (χ2v) is 7.85.